The Kier molecular flexibility index (Phi) is 5.39. The molecule has 0 fully saturated rings. The van der Waals surface area contributed by atoms with Crippen LogP contribution in [-0.2, 0) is 9.53 Å². The number of carbonyl (C=O) groups is 2. The van der Waals surface area contributed by atoms with E-state index < -0.39 is 5.97 Å². The minimum absolute atomic E-state index is 0.115. The van der Waals surface area contributed by atoms with Gasteiger partial charge in [0.25, 0.3) is 5.91 Å². The Bertz CT molecular complexity index is 717. The summed E-state index contributed by atoms with van der Waals surface area (Å²) in [5.41, 5.74) is 2.64. The summed E-state index contributed by atoms with van der Waals surface area (Å²) in [6.45, 7) is 8.18. The lowest BCUT2D eigenvalue weighted by Crippen LogP contribution is -3.12. The van der Waals surface area contributed by atoms with Crippen LogP contribution in [0, 0.1) is 6.92 Å². The second-order valence-electron chi connectivity index (χ2n) is 5.60. The van der Waals surface area contributed by atoms with Gasteiger partial charge in [-0.05, 0) is 32.4 Å². The van der Waals surface area contributed by atoms with Crippen LogP contribution in [0.25, 0.3) is 10.9 Å². The van der Waals surface area contributed by atoms with Crippen molar-refractivity contribution in [3.8, 4) is 0 Å². The molecule has 2 aromatic rings. The number of amides is 1. The number of aromatic nitrogens is 1. The van der Waals surface area contributed by atoms with Crippen LogP contribution in [0.5, 0.6) is 0 Å². The Morgan fingerprint density at radius 2 is 1.96 bits per heavy atom. The number of esters is 1. The van der Waals surface area contributed by atoms with Gasteiger partial charge < -0.3 is 19.9 Å². The highest BCUT2D eigenvalue weighted by molar-refractivity contribution is 6.11. The number of likely N-dealkylation sites (N-methyl/N-ethyl adjacent to an activating group) is 1. The molecule has 1 aromatic carbocycles. The maximum Gasteiger partial charge on any atom is 0.356 e. The third kappa shape index (κ3) is 3.71. The number of nitrogens with one attached hydrogen (secondary N) is 3. The number of anilines is 1. The predicted octanol–water partition coefficient (Wildman–Crippen LogP) is 1.13. The number of rotatable bonds is 6. The minimum Gasteiger partial charge on any atom is -0.464 e. The van der Waals surface area contributed by atoms with E-state index in [1.165, 1.54) is 12.0 Å². The average molecular weight is 318 g/mol. The number of quaternary nitrogens is 1. The number of fused-ring (bicyclic) bond motifs is 1. The number of methoxy groups -OCH3 is 1. The smallest absolute Gasteiger partial charge is 0.356 e. The zero-order valence-corrected chi connectivity index (χ0v) is 14.1. The maximum atomic E-state index is 12.3. The molecular weight excluding hydrogens is 294 g/mol. The maximum absolute atomic E-state index is 12.3. The zero-order valence-electron chi connectivity index (χ0n) is 14.1. The van der Waals surface area contributed by atoms with E-state index in [1.807, 2.05) is 39.0 Å². The Balaban J connectivity index is 2.37. The average Bonchev–Trinajstić information content (AvgIpc) is 2.89. The van der Waals surface area contributed by atoms with Crippen LogP contribution in [0.3, 0.4) is 0 Å². The number of H-pyrrole nitrogens is 1. The van der Waals surface area contributed by atoms with Gasteiger partial charge in [-0.15, -0.1) is 0 Å². The zero-order chi connectivity index (χ0) is 17.0. The molecule has 0 bridgehead atoms. The van der Waals surface area contributed by atoms with Gasteiger partial charge in [0.2, 0.25) is 0 Å². The Morgan fingerprint density at radius 1 is 1.26 bits per heavy atom. The van der Waals surface area contributed by atoms with Crippen LogP contribution < -0.4 is 10.2 Å². The first-order chi connectivity index (χ1) is 11.0. The minimum atomic E-state index is -0.496. The van der Waals surface area contributed by atoms with Crippen LogP contribution in [0.2, 0.25) is 0 Å². The van der Waals surface area contributed by atoms with E-state index in [0.29, 0.717) is 12.2 Å². The van der Waals surface area contributed by atoms with Gasteiger partial charge in [-0.2, -0.15) is 0 Å². The van der Waals surface area contributed by atoms with Crippen LogP contribution in [0.15, 0.2) is 18.2 Å². The predicted molar refractivity (Wildman–Crippen MR) is 89.9 cm³/mol. The van der Waals surface area contributed by atoms with Gasteiger partial charge in [-0.25, -0.2) is 4.79 Å². The molecule has 0 aliphatic heterocycles. The van der Waals surface area contributed by atoms with E-state index in [0.717, 1.165) is 29.6 Å². The fraction of sp³-hybridized carbons (Fsp3) is 0.412. The molecular formula is C17H24N3O3+. The molecule has 1 amide bonds. The number of benzene rings is 1. The van der Waals surface area contributed by atoms with Gasteiger partial charge in [0, 0.05) is 10.9 Å². The van der Waals surface area contributed by atoms with Crippen molar-refractivity contribution in [2.75, 3.05) is 32.1 Å². The second-order valence-corrected chi connectivity index (χ2v) is 5.60. The molecule has 23 heavy (non-hydrogen) atoms. The molecule has 0 unspecified atom stereocenters. The number of aromatic amines is 1. The Labute approximate surface area is 135 Å². The molecule has 124 valence electrons. The van der Waals surface area contributed by atoms with Gasteiger partial charge in [0.1, 0.15) is 5.69 Å². The molecule has 0 saturated heterocycles. The fourth-order valence-electron chi connectivity index (χ4n) is 2.61. The van der Waals surface area contributed by atoms with Gasteiger partial charge in [-0.3, -0.25) is 4.79 Å². The molecule has 0 spiro atoms. The summed E-state index contributed by atoms with van der Waals surface area (Å²) in [7, 11) is 1.32. The Morgan fingerprint density at radius 3 is 2.57 bits per heavy atom. The number of hydrogen-bond donors (Lipinski definition) is 3. The summed E-state index contributed by atoms with van der Waals surface area (Å²) in [5, 5.41) is 3.68. The topological polar surface area (TPSA) is 75.6 Å². The molecule has 0 radical (unpaired) electrons. The molecule has 3 N–H and O–H groups in total. The lowest BCUT2D eigenvalue weighted by molar-refractivity contribution is -0.888. The molecule has 6 heteroatoms. The quantitative estimate of drug-likeness (QED) is 0.699. The van der Waals surface area contributed by atoms with E-state index in [1.54, 1.807) is 0 Å². The summed E-state index contributed by atoms with van der Waals surface area (Å²) >= 11 is 0. The lowest BCUT2D eigenvalue weighted by Gasteiger charge is -2.15. The SMILES string of the molecule is CC[NH+](CC)CC(=O)Nc1c(C(=O)OC)[nH]c2cc(C)ccc12. The molecule has 1 heterocycles. The van der Waals surface area contributed by atoms with E-state index in [2.05, 4.69) is 10.3 Å². The van der Waals surface area contributed by atoms with Crippen molar-refractivity contribution < 1.29 is 19.2 Å². The van der Waals surface area contributed by atoms with Crippen molar-refractivity contribution in [1.82, 2.24) is 4.98 Å². The van der Waals surface area contributed by atoms with Crippen molar-refractivity contribution >= 4 is 28.5 Å². The van der Waals surface area contributed by atoms with Crippen LogP contribution in [0.1, 0.15) is 29.9 Å². The second kappa shape index (κ2) is 7.28. The standard InChI is InChI=1S/C17H23N3O3/c1-5-20(6-2)10-14(21)19-15-12-8-7-11(3)9-13(12)18-16(15)17(22)23-4/h7-9,18H,5-6,10H2,1-4H3,(H,19,21)/p+1. The highest BCUT2D eigenvalue weighted by Crippen LogP contribution is 2.29. The van der Waals surface area contributed by atoms with Crippen molar-refractivity contribution in [1.29, 1.82) is 0 Å². The number of ether oxygens (including phenoxy) is 1. The summed E-state index contributed by atoms with van der Waals surface area (Å²) in [6, 6.07) is 5.78. The molecule has 1 aromatic heterocycles. The molecule has 0 aliphatic rings. The number of carbonyl (C=O) groups excluding carboxylic acids is 2. The highest BCUT2D eigenvalue weighted by Gasteiger charge is 2.21. The van der Waals surface area contributed by atoms with E-state index >= 15 is 0 Å². The first-order valence-corrected chi connectivity index (χ1v) is 7.84. The molecule has 6 nitrogen and oxygen atoms in total. The largest absolute Gasteiger partial charge is 0.464 e. The van der Waals surface area contributed by atoms with Gasteiger partial charge in [-0.1, -0.05) is 12.1 Å². The number of hydrogen-bond acceptors (Lipinski definition) is 3. The Hall–Kier alpha value is -2.34. The van der Waals surface area contributed by atoms with Gasteiger partial charge in [0.15, 0.2) is 6.54 Å². The normalized spacial score (nSPS) is 11.0. The summed E-state index contributed by atoms with van der Waals surface area (Å²) in [4.78, 5) is 28.5. The first kappa shape index (κ1) is 17.0. The van der Waals surface area contributed by atoms with Crippen LogP contribution in [0.4, 0.5) is 5.69 Å². The van der Waals surface area contributed by atoms with Crippen LogP contribution >= 0.6 is 0 Å². The summed E-state index contributed by atoms with van der Waals surface area (Å²) in [6.07, 6.45) is 0. The van der Waals surface area contributed by atoms with Crippen molar-refractivity contribution in [2.45, 2.75) is 20.8 Å². The van der Waals surface area contributed by atoms with E-state index in [9.17, 15) is 9.59 Å². The molecule has 0 aliphatic carbocycles. The van der Waals surface area contributed by atoms with Crippen molar-refractivity contribution in [3.05, 3.63) is 29.5 Å². The van der Waals surface area contributed by atoms with Crippen molar-refractivity contribution in [3.63, 3.8) is 0 Å². The third-order valence-electron chi connectivity index (χ3n) is 4.02. The monoisotopic (exact) mass is 318 g/mol. The summed E-state index contributed by atoms with van der Waals surface area (Å²) < 4.78 is 4.82. The summed E-state index contributed by atoms with van der Waals surface area (Å²) in [5.74, 6) is -0.611. The van der Waals surface area contributed by atoms with Gasteiger partial charge in [0.05, 0.1) is 25.9 Å². The first-order valence-electron chi connectivity index (χ1n) is 7.84. The number of aryl methyl sites for hydroxylation is 1. The molecule has 0 atom stereocenters. The molecule has 0 saturated carbocycles. The van der Waals surface area contributed by atoms with E-state index in [-0.39, 0.29) is 11.6 Å². The third-order valence-corrected chi connectivity index (χ3v) is 4.02. The van der Waals surface area contributed by atoms with E-state index in [4.69, 9.17) is 4.74 Å². The molecule has 2 rings (SSSR count). The van der Waals surface area contributed by atoms with Crippen LogP contribution in [-0.4, -0.2) is 43.6 Å². The van der Waals surface area contributed by atoms with Gasteiger partial charge >= 0.3 is 5.97 Å². The lowest BCUT2D eigenvalue weighted by atomic mass is 10.1. The van der Waals surface area contributed by atoms with Crippen molar-refractivity contribution in [2.24, 2.45) is 0 Å². The highest BCUT2D eigenvalue weighted by atomic mass is 16.5. The fourth-order valence-corrected chi connectivity index (χ4v) is 2.61.